The van der Waals surface area contributed by atoms with Crippen LogP contribution in [0.2, 0.25) is 5.02 Å². The molecule has 2 aliphatic heterocycles. The number of benzene rings is 1. The first kappa shape index (κ1) is 22.9. The van der Waals surface area contributed by atoms with Crippen LogP contribution in [0.4, 0.5) is 11.5 Å². The minimum absolute atomic E-state index is 0. The second kappa shape index (κ2) is 11.0. The molecule has 1 aromatic heterocycles. The third kappa shape index (κ3) is 5.91. The van der Waals surface area contributed by atoms with Gasteiger partial charge in [-0.3, -0.25) is 4.99 Å². The average Bonchev–Trinajstić information content (AvgIpc) is 3.44. The van der Waals surface area contributed by atoms with Gasteiger partial charge in [0.1, 0.15) is 5.82 Å². The average molecular weight is 541 g/mol. The molecule has 4 rings (SSSR count). The minimum atomic E-state index is 0. The lowest BCUT2D eigenvalue weighted by atomic mass is 10.2. The van der Waals surface area contributed by atoms with Crippen LogP contribution in [0.5, 0.6) is 0 Å². The van der Waals surface area contributed by atoms with Crippen LogP contribution in [0.1, 0.15) is 24.8 Å². The summed E-state index contributed by atoms with van der Waals surface area (Å²) in [6.07, 6.45) is 5.56. The second-order valence-electron chi connectivity index (χ2n) is 7.70. The van der Waals surface area contributed by atoms with Crippen molar-refractivity contribution in [3.63, 3.8) is 0 Å². The fourth-order valence-corrected chi connectivity index (χ4v) is 4.20. The number of rotatable bonds is 5. The van der Waals surface area contributed by atoms with Gasteiger partial charge in [0.2, 0.25) is 0 Å². The van der Waals surface area contributed by atoms with Crippen molar-refractivity contribution in [2.75, 3.05) is 43.0 Å². The molecule has 6 nitrogen and oxygen atoms in total. The molecule has 0 saturated carbocycles. The van der Waals surface area contributed by atoms with Crippen molar-refractivity contribution in [1.82, 2.24) is 15.6 Å². The van der Waals surface area contributed by atoms with Crippen LogP contribution in [0, 0.1) is 0 Å². The molecular weight excluding hydrogens is 511 g/mol. The molecule has 1 unspecified atom stereocenters. The zero-order valence-corrected chi connectivity index (χ0v) is 20.4. The third-order valence-corrected chi connectivity index (χ3v) is 5.86. The van der Waals surface area contributed by atoms with Crippen molar-refractivity contribution in [3.8, 4) is 0 Å². The van der Waals surface area contributed by atoms with E-state index in [0.717, 1.165) is 55.0 Å². The predicted octanol–water partition coefficient (Wildman–Crippen LogP) is 3.90. The normalized spacial score (nSPS) is 19.0. The predicted molar refractivity (Wildman–Crippen MR) is 137 cm³/mol. The summed E-state index contributed by atoms with van der Waals surface area (Å²) in [6.45, 7) is 4.89. The maximum absolute atomic E-state index is 6.13. The Hall–Kier alpha value is -1.74. The van der Waals surface area contributed by atoms with Crippen LogP contribution in [-0.2, 0) is 6.54 Å². The summed E-state index contributed by atoms with van der Waals surface area (Å²) < 4.78 is 0. The monoisotopic (exact) mass is 540 g/mol. The van der Waals surface area contributed by atoms with Gasteiger partial charge < -0.3 is 20.4 Å². The topological polar surface area (TPSA) is 55.8 Å². The van der Waals surface area contributed by atoms with Gasteiger partial charge in [0.25, 0.3) is 0 Å². The highest BCUT2D eigenvalue weighted by Crippen LogP contribution is 2.23. The van der Waals surface area contributed by atoms with Crippen LogP contribution >= 0.6 is 35.6 Å². The van der Waals surface area contributed by atoms with Gasteiger partial charge >= 0.3 is 0 Å². The van der Waals surface area contributed by atoms with E-state index in [9.17, 15) is 0 Å². The Morgan fingerprint density at radius 1 is 1.17 bits per heavy atom. The summed E-state index contributed by atoms with van der Waals surface area (Å²) in [7, 11) is 1.81. The van der Waals surface area contributed by atoms with Crippen LogP contribution in [-0.4, -0.2) is 50.2 Å². The van der Waals surface area contributed by atoms with E-state index < -0.39 is 0 Å². The first-order chi connectivity index (χ1) is 14.2. The Morgan fingerprint density at radius 2 is 2.00 bits per heavy atom. The maximum atomic E-state index is 6.13. The van der Waals surface area contributed by atoms with Crippen molar-refractivity contribution in [2.45, 2.75) is 31.8 Å². The molecular formula is C22H30ClIN6. The summed E-state index contributed by atoms with van der Waals surface area (Å²) in [5.41, 5.74) is 2.33. The van der Waals surface area contributed by atoms with E-state index in [4.69, 9.17) is 11.6 Å². The van der Waals surface area contributed by atoms with Gasteiger partial charge in [0.15, 0.2) is 5.96 Å². The number of hydrogen-bond donors (Lipinski definition) is 2. The van der Waals surface area contributed by atoms with Crippen LogP contribution in [0.3, 0.4) is 0 Å². The summed E-state index contributed by atoms with van der Waals surface area (Å²) in [5, 5.41) is 7.73. The SMILES string of the molecule is CN=C(NCc1ccc(N2CCCC2)nc1)NC1CCN(c2cccc(Cl)c2)C1.I. The highest BCUT2D eigenvalue weighted by Gasteiger charge is 2.23. The Bertz CT molecular complexity index is 838. The van der Waals surface area contributed by atoms with Crippen LogP contribution in [0.15, 0.2) is 47.6 Å². The number of anilines is 2. The third-order valence-electron chi connectivity index (χ3n) is 5.63. The van der Waals surface area contributed by atoms with Crippen molar-refractivity contribution in [3.05, 3.63) is 53.2 Å². The van der Waals surface area contributed by atoms with Crippen molar-refractivity contribution in [1.29, 1.82) is 0 Å². The number of pyridine rings is 1. The molecule has 0 radical (unpaired) electrons. The fraction of sp³-hybridized carbons (Fsp3) is 0.455. The van der Waals surface area contributed by atoms with Gasteiger partial charge in [-0.2, -0.15) is 0 Å². The van der Waals surface area contributed by atoms with Crippen molar-refractivity contribution >= 4 is 53.0 Å². The molecule has 8 heteroatoms. The molecule has 0 amide bonds. The van der Waals surface area contributed by atoms with Crippen LogP contribution < -0.4 is 20.4 Å². The van der Waals surface area contributed by atoms with E-state index in [1.807, 2.05) is 31.4 Å². The summed E-state index contributed by atoms with van der Waals surface area (Å²) in [6, 6.07) is 12.7. The van der Waals surface area contributed by atoms with Gasteiger partial charge in [-0.05, 0) is 49.1 Å². The number of halogens is 2. The molecule has 0 bridgehead atoms. The summed E-state index contributed by atoms with van der Waals surface area (Å²) in [4.78, 5) is 13.7. The molecule has 30 heavy (non-hydrogen) atoms. The van der Waals surface area contributed by atoms with Gasteiger partial charge in [0.05, 0.1) is 0 Å². The maximum Gasteiger partial charge on any atom is 0.191 e. The van der Waals surface area contributed by atoms with E-state index in [1.54, 1.807) is 0 Å². The molecule has 2 aromatic rings. The van der Waals surface area contributed by atoms with E-state index >= 15 is 0 Å². The Morgan fingerprint density at radius 3 is 2.70 bits per heavy atom. The summed E-state index contributed by atoms with van der Waals surface area (Å²) >= 11 is 6.13. The van der Waals surface area contributed by atoms with E-state index in [0.29, 0.717) is 12.6 Å². The van der Waals surface area contributed by atoms with Crippen LogP contribution in [0.25, 0.3) is 0 Å². The van der Waals surface area contributed by atoms with E-state index in [-0.39, 0.29) is 24.0 Å². The smallest absolute Gasteiger partial charge is 0.191 e. The lowest BCUT2D eigenvalue weighted by Gasteiger charge is -2.21. The number of aliphatic imine (C=N–C) groups is 1. The number of hydrogen-bond acceptors (Lipinski definition) is 4. The highest BCUT2D eigenvalue weighted by atomic mass is 127. The second-order valence-corrected chi connectivity index (χ2v) is 8.14. The molecule has 2 saturated heterocycles. The van der Waals surface area contributed by atoms with Gasteiger partial charge in [0, 0.05) is 62.7 Å². The van der Waals surface area contributed by atoms with E-state index in [2.05, 4.69) is 48.6 Å². The van der Waals surface area contributed by atoms with Gasteiger partial charge in [-0.1, -0.05) is 23.7 Å². The molecule has 1 atom stereocenters. The fourth-order valence-electron chi connectivity index (χ4n) is 4.01. The Kier molecular flexibility index (Phi) is 8.44. The summed E-state index contributed by atoms with van der Waals surface area (Å²) in [5.74, 6) is 1.91. The lowest BCUT2D eigenvalue weighted by molar-refractivity contribution is 0.648. The minimum Gasteiger partial charge on any atom is -0.369 e. The number of guanidine groups is 1. The van der Waals surface area contributed by atoms with Gasteiger partial charge in [-0.15, -0.1) is 24.0 Å². The number of nitrogens with one attached hydrogen (secondary N) is 2. The quantitative estimate of drug-likeness (QED) is 0.342. The number of nitrogens with zero attached hydrogens (tertiary/aromatic N) is 4. The Balaban J connectivity index is 0.00000256. The molecule has 0 spiro atoms. The molecule has 0 aliphatic carbocycles. The first-order valence-corrected chi connectivity index (χ1v) is 10.8. The zero-order chi connectivity index (χ0) is 20.1. The molecule has 1 aromatic carbocycles. The Labute approximate surface area is 201 Å². The standard InChI is InChI=1S/C22H29ClN6.HI/c1-24-22(26-15-17-7-8-21(25-14-17)28-10-2-3-11-28)27-19-9-12-29(16-19)20-6-4-5-18(23)13-20;/h4-8,13-14,19H,2-3,9-12,15-16H2,1H3,(H2,24,26,27);1H. The number of aromatic nitrogens is 1. The largest absolute Gasteiger partial charge is 0.369 e. The first-order valence-electron chi connectivity index (χ1n) is 10.4. The highest BCUT2D eigenvalue weighted by molar-refractivity contribution is 14.0. The van der Waals surface area contributed by atoms with Crippen molar-refractivity contribution < 1.29 is 0 Å². The van der Waals surface area contributed by atoms with E-state index in [1.165, 1.54) is 18.5 Å². The molecule has 2 N–H and O–H groups in total. The zero-order valence-electron chi connectivity index (χ0n) is 17.4. The molecule has 3 heterocycles. The molecule has 2 aliphatic rings. The van der Waals surface area contributed by atoms with Gasteiger partial charge in [-0.25, -0.2) is 4.98 Å². The van der Waals surface area contributed by atoms with Crippen molar-refractivity contribution in [2.24, 2.45) is 4.99 Å². The lowest BCUT2D eigenvalue weighted by Crippen LogP contribution is -2.44. The molecule has 2 fully saturated rings. The molecule has 162 valence electrons.